The van der Waals surface area contributed by atoms with Crippen LogP contribution in [-0.2, 0) is 9.53 Å². The molecule has 2 fully saturated rings. The summed E-state index contributed by atoms with van der Waals surface area (Å²) in [6, 6.07) is 1.72. The van der Waals surface area contributed by atoms with Gasteiger partial charge in [0, 0.05) is 37.4 Å². The van der Waals surface area contributed by atoms with Crippen LogP contribution in [0.25, 0.3) is 16.2 Å². The largest absolute Gasteiger partial charge is 0.477 e. The number of carboxylic acid groups (broad SMARTS) is 1. The monoisotopic (exact) mass is 498 g/mol. The number of carboxylic acids is 1. The Morgan fingerprint density at radius 3 is 2.77 bits per heavy atom. The number of aromatic nitrogens is 4. The highest BCUT2D eigenvalue weighted by Gasteiger charge is 2.35. The number of hydrogen-bond acceptors (Lipinski definition) is 9. The molecule has 35 heavy (non-hydrogen) atoms. The van der Waals surface area contributed by atoms with Crippen molar-refractivity contribution in [3.8, 4) is 5.13 Å². The first-order valence-electron chi connectivity index (χ1n) is 11.6. The number of anilines is 1. The average Bonchev–Trinajstić information content (AvgIpc) is 3.33. The molecule has 0 bridgehead atoms. The van der Waals surface area contributed by atoms with Crippen LogP contribution < -0.4 is 15.6 Å². The third-order valence-electron chi connectivity index (χ3n) is 6.65. The second-order valence-electron chi connectivity index (χ2n) is 9.07. The summed E-state index contributed by atoms with van der Waals surface area (Å²) in [7, 11) is 0. The number of ether oxygens (including phenoxy) is 1. The van der Waals surface area contributed by atoms with Gasteiger partial charge in [-0.1, -0.05) is 0 Å². The van der Waals surface area contributed by atoms with Crippen molar-refractivity contribution in [1.82, 2.24) is 24.2 Å². The predicted octanol–water partition coefficient (Wildman–Crippen LogP) is 1.75. The number of nitrogens with zero attached hydrogens (tertiary/aromatic N) is 5. The first kappa shape index (κ1) is 23.4. The van der Waals surface area contributed by atoms with Crippen LogP contribution in [0, 0.1) is 12.8 Å². The molecule has 3 aromatic heterocycles. The van der Waals surface area contributed by atoms with E-state index < -0.39 is 11.4 Å². The Morgan fingerprint density at radius 1 is 1.31 bits per heavy atom. The Hall–Kier alpha value is -3.38. The second-order valence-corrected chi connectivity index (χ2v) is 9.83. The van der Waals surface area contributed by atoms with Crippen molar-refractivity contribution in [2.45, 2.75) is 45.3 Å². The summed E-state index contributed by atoms with van der Waals surface area (Å²) in [5.74, 6) is -0.873. The maximum atomic E-state index is 12.9. The van der Waals surface area contributed by atoms with Crippen LogP contribution in [0.2, 0.25) is 0 Å². The summed E-state index contributed by atoms with van der Waals surface area (Å²) in [5.41, 5.74) is -0.0400. The molecule has 2 N–H and O–H groups in total. The first-order chi connectivity index (χ1) is 16.8. The minimum atomic E-state index is -1.32. The minimum absolute atomic E-state index is 0.00250. The zero-order chi connectivity index (χ0) is 24.7. The number of nitrogens with one attached hydrogen (secondary N) is 1. The van der Waals surface area contributed by atoms with Gasteiger partial charge in [0.2, 0.25) is 16.5 Å². The highest BCUT2D eigenvalue weighted by Crippen LogP contribution is 2.28. The van der Waals surface area contributed by atoms with Gasteiger partial charge in [0.1, 0.15) is 17.7 Å². The van der Waals surface area contributed by atoms with Crippen LogP contribution in [0.3, 0.4) is 0 Å². The molecular weight excluding hydrogens is 472 g/mol. The minimum Gasteiger partial charge on any atom is -0.477 e. The Balaban J connectivity index is 1.39. The molecule has 0 spiro atoms. The molecule has 2 saturated heterocycles. The number of carbonyl (C=O) groups is 2. The van der Waals surface area contributed by atoms with E-state index in [1.165, 1.54) is 17.1 Å². The molecule has 3 aromatic rings. The lowest BCUT2D eigenvalue weighted by molar-refractivity contribution is -0.128. The molecule has 2 unspecified atom stereocenters. The third-order valence-corrected chi connectivity index (χ3v) is 7.31. The van der Waals surface area contributed by atoms with Gasteiger partial charge in [-0.15, -0.1) is 0 Å². The molecule has 5 rings (SSSR count). The van der Waals surface area contributed by atoms with E-state index in [9.17, 15) is 19.5 Å². The van der Waals surface area contributed by atoms with Gasteiger partial charge in [0.15, 0.2) is 5.65 Å². The van der Waals surface area contributed by atoms with Crippen LogP contribution in [0.15, 0.2) is 23.4 Å². The predicted molar refractivity (Wildman–Crippen MR) is 129 cm³/mol. The van der Waals surface area contributed by atoms with E-state index in [4.69, 9.17) is 4.74 Å². The molecule has 2 aliphatic rings. The number of pyridine rings is 2. The molecule has 0 radical (unpaired) electrons. The van der Waals surface area contributed by atoms with E-state index in [2.05, 4.69) is 19.7 Å². The summed E-state index contributed by atoms with van der Waals surface area (Å²) in [4.78, 5) is 48.2. The number of rotatable bonds is 6. The fourth-order valence-electron chi connectivity index (χ4n) is 4.64. The molecule has 12 heteroatoms. The molecule has 0 aromatic carbocycles. The summed E-state index contributed by atoms with van der Waals surface area (Å²) in [6.07, 6.45) is 5.80. The van der Waals surface area contributed by atoms with E-state index in [0.717, 1.165) is 37.4 Å². The highest BCUT2D eigenvalue weighted by molar-refractivity contribution is 7.08. The van der Waals surface area contributed by atoms with E-state index in [-0.39, 0.29) is 34.9 Å². The Morgan fingerprint density at radius 2 is 2.11 bits per heavy atom. The number of aromatic carboxylic acids is 1. The van der Waals surface area contributed by atoms with Gasteiger partial charge in [0.05, 0.1) is 23.4 Å². The van der Waals surface area contributed by atoms with Crippen molar-refractivity contribution in [3.63, 3.8) is 0 Å². The second kappa shape index (κ2) is 9.34. The molecule has 0 aliphatic carbocycles. The van der Waals surface area contributed by atoms with E-state index in [1.54, 1.807) is 13.0 Å². The molecule has 2 atom stereocenters. The van der Waals surface area contributed by atoms with Gasteiger partial charge in [-0.25, -0.2) is 14.8 Å². The third kappa shape index (κ3) is 4.39. The van der Waals surface area contributed by atoms with E-state index in [0.29, 0.717) is 35.2 Å². The summed E-state index contributed by atoms with van der Waals surface area (Å²) < 4.78 is 11.3. The van der Waals surface area contributed by atoms with Crippen molar-refractivity contribution in [1.29, 1.82) is 0 Å². The number of carbonyl (C=O) groups excluding carboxylic acids is 1. The van der Waals surface area contributed by atoms with Crippen molar-refractivity contribution in [3.05, 3.63) is 39.9 Å². The van der Waals surface area contributed by atoms with Gasteiger partial charge >= 0.3 is 5.97 Å². The van der Waals surface area contributed by atoms with Gasteiger partial charge in [0.25, 0.3) is 0 Å². The maximum Gasteiger partial charge on any atom is 0.341 e. The number of hydrogen-bond donors (Lipinski definition) is 2. The lowest BCUT2D eigenvalue weighted by Crippen LogP contribution is -2.56. The molecule has 5 heterocycles. The van der Waals surface area contributed by atoms with E-state index >= 15 is 0 Å². The normalized spacial score (nSPS) is 19.4. The Bertz CT molecular complexity index is 1330. The smallest absolute Gasteiger partial charge is 0.341 e. The van der Waals surface area contributed by atoms with Gasteiger partial charge in [-0.2, -0.15) is 4.37 Å². The molecule has 1 amide bonds. The van der Waals surface area contributed by atoms with Crippen molar-refractivity contribution >= 4 is 40.3 Å². The lowest BCUT2D eigenvalue weighted by atomic mass is 9.97. The van der Waals surface area contributed by atoms with Crippen LogP contribution >= 0.6 is 11.5 Å². The maximum absolute atomic E-state index is 12.9. The SMILES string of the molecule is Cc1cc(N2CC(C(=O)NC(C)C3CCCCO3)C2)nc2c1c(=O)c(C(=O)O)cn2-c1ncns1. The van der Waals surface area contributed by atoms with Crippen LogP contribution in [-0.4, -0.2) is 67.7 Å². The van der Waals surface area contributed by atoms with E-state index in [1.807, 2.05) is 11.8 Å². The van der Waals surface area contributed by atoms with Gasteiger partial charge in [-0.3, -0.25) is 14.2 Å². The molecule has 0 saturated carbocycles. The van der Waals surface area contributed by atoms with Crippen LogP contribution in [0.1, 0.15) is 42.1 Å². The van der Waals surface area contributed by atoms with Gasteiger partial charge < -0.3 is 20.1 Å². The molecular formula is C23H26N6O5S. The number of aryl methyl sites for hydroxylation is 1. The first-order valence-corrected chi connectivity index (χ1v) is 12.3. The molecule has 184 valence electrons. The quantitative estimate of drug-likeness (QED) is 0.520. The van der Waals surface area contributed by atoms with Crippen LogP contribution in [0.4, 0.5) is 5.82 Å². The zero-order valence-corrected chi connectivity index (χ0v) is 20.2. The zero-order valence-electron chi connectivity index (χ0n) is 19.4. The van der Waals surface area contributed by atoms with Crippen molar-refractivity contribution in [2.24, 2.45) is 5.92 Å². The van der Waals surface area contributed by atoms with Crippen LogP contribution in [0.5, 0.6) is 0 Å². The molecule has 11 nitrogen and oxygen atoms in total. The summed E-state index contributed by atoms with van der Waals surface area (Å²) in [6.45, 7) is 5.47. The van der Waals surface area contributed by atoms with Crippen molar-refractivity contribution in [2.75, 3.05) is 24.6 Å². The fraction of sp³-hybridized carbons (Fsp3) is 0.478. The summed E-state index contributed by atoms with van der Waals surface area (Å²) in [5, 5.41) is 13.3. The Kier molecular flexibility index (Phi) is 6.24. The number of amides is 1. The Labute approximate surface area is 204 Å². The average molecular weight is 499 g/mol. The topological polar surface area (TPSA) is 140 Å². The van der Waals surface area contributed by atoms with Gasteiger partial charge in [-0.05, 0) is 44.7 Å². The lowest BCUT2D eigenvalue weighted by Gasteiger charge is -2.40. The highest BCUT2D eigenvalue weighted by atomic mass is 32.1. The standard InChI is InChI=1S/C23H26N6O5S/c1-12-7-17(28-8-14(9-28)21(31)26-13(2)16-5-3-4-6-34-16)27-20-18(12)19(30)15(22(32)33)10-29(20)23-24-11-25-35-23/h7,10-11,13-14,16H,3-6,8-9H2,1-2H3,(H,26,31)(H,32,33). The van der Waals surface area contributed by atoms with Crippen molar-refractivity contribution < 1.29 is 19.4 Å². The number of fused-ring (bicyclic) bond motifs is 1. The molecule has 2 aliphatic heterocycles. The summed E-state index contributed by atoms with van der Waals surface area (Å²) >= 11 is 1.07. The fourth-order valence-corrected chi connectivity index (χ4v) is 5.15.